The Hall–Kier alpha value is -2.00. The van der Waals surface area contributed by atoms with Crippen LogP contribution >= 0.6 is 11.8 Å². The number of rotatable bonds is 7. The van der Waals surface area contributed by atoms with Crippen molar-refractivity contribution >= 4 is 23.8 Å². The second-order valence-corrected chi connectivity index (χ2v) is 5.94. The molecule has 2 rings (SSSR count). The highest BCUT2D eigenvalue weighted by Crippen LogP contribution is 2.23. The largest absolute Gasteiger partial charge is 0.478 e. The lowest BCUT2D eigenvalue weighted by atomic mass is 10.0. The number of carboxylic acids is 1. The summed E-state index contributed by atoms with van der Waals surface area (Å²) in [5, 5.41) is 8.78. The number of benzene rings is 2. The van der Waals surface area contributed by atoms with E-state index in [-0.39, 0.29) is 0 Å². The van der Waals surface area contributed by atoms with Crippen LogP contribution < -0.4 is 0 Å². The first-order valence-corrected chi connectivity index (χ1v) is 8.53. The van der Waals surface area contributed by atoms with Crippen molar-refractivity contribution in [3.05, 3.63) is 71.3 Å². The van der Waals surface area contributed by atoms with Gasteiger partial charge in [-0.1, -0.05) is 42.5 Å². The zero-order valence-electron chi connectivity index (χ0n) is 12.7. The molecule has 114 valence electrons. The van der Waals surface area contributed by atoms with Crippen LogP contribution in [0.3, 0.4) is 0 Å². The average Bonchev–Trinajstić information content (AvgIpc) is 2.54. The number of hydrogen-bond acceptors (Lipinski definition) is 2. The van der Waals surface area contributed by atoms with E-state index in [9.17, 15) is 4.79 Å². The molecule has 0 aliphatic rings. The molecule has 0 aromatic heterocycles. The van der Waals surface area contributed by atoms with Crippen molar-refractivity contribution in [2.75, 3.05) is 6.26 Å². The highest BCUT2D eigenvalue weighted by molar-refractivity contribution is 7.98. The van der Waals surface area contributed by atoms with E-state index in [1.807, 2.05) is 12.3 Å². The van der Waals surface area contributed by atoms with Crippen LogP contribution in [0.25, 0.3) is 6.08 Å². The van der Waals surface area contributed by atoms with Crippen LogP contribution in [-0.2, 0) is 17.6 Å². The van der Waals surface area contributed by atoms with Crippen LogP contribution in [0.2, 0.25) is 0 Å². The van der Waals surface area contributed by atoms with Gasteiger partial charge in [0.2, 0.25) is 0 Å². The summed E-state index contributed by atoms with van der Waals surface area (Å²) >= 11 is 1.63. The molecule has 2 nitrogen and oxygen atoms in total. The Morgan fingerprint density at radius 1 is 1.09 bits per heavy atom. The van der Waals surface area contributed by atoms with Gasteiger partial charge in [0.25, 0.3) is 0 Å². The molecule has 0 heterocycles. The molecule has 0 bridgehead atoms. The standard InChI is InChI=1S/C19H20O2S/c1-22-18-12-10-16(14-17(18)11-13-19(20)21)9-5-8-15-6-3-2-4-7-15/h2-4,6-7,10-14H,5,8-9H2,1H3,(H,20,21)/b13-11+. The molecule has 0 aliphatic carbocycles. The van der Waals surface area contributed by atoms with Crippen LogP contribution in [0.4, 0.5) is 0 Å². The zero-order valence-corrected chi connectivity index (χ0v) is 13.5. The van der Waals surface area contributed by atoms with Crippen LogP contribution in [0.1, 0.15) is 23.1 Å². The Kier molecular flexibility index (Phi) is 6.28. The monoisotopic (exact) mass is 312 g/mol. The van der Waals surface area contributed by atoms with Crippen molar-refractivity contribution in [1.29, 1.82) is 0 Å². The number of aryl methyl sites for hydroxylation is 2. The lowest BCUT2D eigenvalue weighted by Crippen LogP contribution is -1.92. The molecule has 2 aromatic carbocycles. The second kappa shape index (κ2) is 8.44. The van der Waals surface area contributed by atoms with Gasteiger partial charge in [0, 0.05) is 11.0 Å². The summed E-state index contributed by atoms with van der Waals surface area (Å²) in [6, 6.07) is 16.8. The summed E-state index contributed by atoms with van der Waals surface area (Å²) in [4.78, 5) is 11.8. The summed E-state index contributed by atoms with van der Waals surface area (Å²) in [6.45, 7) is 0. The van der Waals surface area contributed by atoms with Gasteiger partial charge < -0.3 is 5.11 Å². The third kappa shape index (κ3) is 5.08. The molecule has 1 N–H and O–H groups in total. The minimum absolute atomic E-state index is 0.915. The zero-order chi connectivity index (χ0) is 15.8. The van der Waals surface area contributed by atoms with Crippen molar-refractivity contribution in [3.8, 4) is 0 Å². The van der Waals surface area contributed by atoms with Gasteiger partial charge in [-0.25, -0.2) is 4.79 Å². The Bertz CT molecular complexity index is 648. The van der Waals surface area contributed by atoms with E-state index in [4.69, 9.17) is 5.11 Å². The molecule has 0 amide bonds. The number of carboxylic acid groups (broad SMARTS) is 1. The molecule has 0 atom stereocenters. The predicted molar refractivity (Wildman–Crippen MR) is 93.4 cm³/mol. The van der Waals surface area contributed by atoms with Gasteiger partial charge in [-0.15, -0.1) is 11.8 Å². The molecule has 2 aromatic rings. The van der Waals surface area contributed by atoms with Gasteiger partial charge in [0.05, 0.1) is 0 Å². The van der Waals surface area contributed by atoms with Crippen molar-refractivity contribution in [2.45, 2.75) is 24.2 Å². The maximum absolute atomic E-state index is 10.7. The lowest BCUT2D eigenvalue weighted by molar-refractivity contribution is -0.131. The van der Waals surface area contributed by atoms with Gasteiger partial charge in [-0.2, -0.15) is 0 Å². The predicted octanol–water partition coefficient (Wildman–Crippen LogP) is 4.68. The van der Waals surface area contributed by atoms with Gasteiger partial charge in [-0.3, -0.25) is 0 Å². The summed E-state index contributed by atoms with van der Waals surface area (Å²) < 4.78 is 0. The first kappa shape index (κ1) is 16.4. The summed E-state index contributed by atoms with van der Waals surface area (Å²) in [5.41, 5.74) is 3.58. The van der Waals surface area contributed by atoms with E-state index in [2.05, 4.69) is 42.5 Å². The summed E-state index contributed by atoms with van der Waals surface area (Å²) in [7, 11) is 0. The van der Waals surface area contributed by atoms with Crippen LogP contribution in [0.15, 0.2) is 59.5 Å². The van der Waals surface area contributed by atoms with Crippen LogP contribution in [-0.4, -0.2) is 17.3 Å². The first-order valence-electron chi connectivity index (χ1n) is 7.31. The van der Waals surface area contributed by atoms with E-state index < -0.39 is 5.97 Å². The average molecular weight is 312 g/mol. The van der Waals surface area contributed by atoms with Gasteiger partial charge in [-0.05, 0) is 54.4 Å². The SMILES string of the molecule is CSc1ccc(CCCc2ccccc2)cc1/C=C/C(=O)O. The first-order chi connectivity index (χ1) is 10.7. The molecule has 0 radical (unpaired) electrons. The number of aliphatic carboxylic acids is 1. The quantitative estimate of drug-likeness (QED) is 0.596. The number of hydrogen-bond donors (Lipinski definition) is 1. The van der Waals surface area contributed by atoms with Crippen LogP contribution in [0.5, 0.6) is 0 Å². The van der Waals surface area contributed by atoms with Crippen molar-refractivity contribution < 1.29 is 9.90 Å². The van der Waals surface area contributed by atoms with E-state index >= 15 is 0 Å². The Morgan fingerprint density at radius 3 is 2.50 bits per heavy atom. The smallest absolute Gasteiger partial charge is 0.328 e. The van der Waals surface area contributed by atoms with Crippen LogP contribution in [0, 0.1) is 0 Å². The third-order valence-corrected chi connectivity index (χ3v) is 4.28. The van der Waals surface area contributed by atoms with Crippen molar-refractivity contribution in [2.24, 2.45) is 0 Å². The van der Waals surface area contributed by atoms with E-state index in [1.54, 1.807) is 17.8 Å². The molecule has 3 heteroatoms. The molecule has 22 heavy (non-hydrogen) atoms. The molecule has 0 unspecified atom stereocenters. The fourth-order valence-electron chi connectivity index (χ4n) is 2.37. The molecular formula is C19H20O2S. The third-order valence-electron chi connectivity index (χ3n) is 3.47. The molecule has 0 spiro atoms. The molecular weight excluding hydrogens is 292 g/mol. The molecule has 0 saturated heterocycles. The van der Waals surface area contributed by atoms with Crippen molar-refractivity contribution in [1.82, 2.24) is 0 Å². The maximum atomic E-state index is 10.7. The fourth-order valence-corrected chi connectivity index (χ4v) is 2.94. The van der Waals surface area contributed by atoms with E-state index in [0.29, 0.717) is 0 Å². The number of thioether (sulfide) groups is 1. The highest BCUT2D eigenvalue weighted by Gasteiger charge is 2.02. The van der Waals surface area contributed by atoms with E-state index in [0.717, 1.165) is 29.7 Å². The van der Waals surface area contributed by atoms with Gasteiger partial charge in [0.15, 0.2) is 0 Å². The molecule has 0 fully saturated rings. The number of carbonyl (C=O) groups is 1. The highest BCUT2D eigenvalue weighted by atomic mass is 32.2. The normalized spacial score (nSPS) is 11.0. The minimum atomic E-state index is -0.915. The topological polar surface area (TPSA) is 37.3 Å². The Balaban J connectivity index is 2.02. The van der Waals surface area contributed by atoms with E-state index in [1.165, 1.54) is 17.2 Å². The molecule has 0 aliphatic heterocycles. The summed E-state index contributed by atoms with van der Waals surface area (Å²) in [6.07, 6.45) is 8.02. The fraction of sp³-hybridized carbons (Fsp3) is 0.211. The Labute approximate surface area is 135 Å². The molecule has 0 saturated carbocycles. The van der Waals surface area contributed by atoms with Crippen molar-refractivity contribution in [3.63, 3.8) is 0 Å². The maximum Gasteiger partial charge on any atom is 0.328 e. The van der Waals surface area contributed by atoms with Gasteiger partial charge in [0.1, 0.15) is 0 Å². The minimum Gasteiger partial charge on any atom is -0.478 e. The lowest BCUT2D eigenvalue weighted by Gasteiger charge is -2.07. The Morgan fingerprint density at radius 2 is 1.82 bits per heavy atom. The second-order valence-electron chi connectivity index (χ2n) is 5.09. The summed E-state index contributed by atoms with van der Waals surface area (Å²) in [5.74, 6) is -0.915. The van der Waals surface area contributed by atoms with Gasteiger partial charge >= 0.3 is 5.97 Å².